The molecule has 0 rings (SSSR count). The molecule has 5 heteroatoms. The van der Waals surface area contributed by atoms with Gasteiger partial charge in [-0.2, -0.15) is 0 Å². The molecule has 0 spiro atoms. The van der Waals surface area contributed by atoms with Crippen LogP contribution in [0.25, 0.3) is 0 Å². The van der Waals surface area contributed by atoms with Crippen LogP contribution in [0.15, 0.2) is 0 Å². The lowest BCUT2D eigenvalue weighted by Crippen LogP contribution is -2.42. The van der Waals surface area contributed by atoms with Crippen LogP contribution in [0.4, 0.5) is 0 Å². The fourth-order valence-electron chi connectivity index (χ4n) is 1.31. The van der Waals surface area contributed by atoms with E-state index in [1.807, 2.05) is 20.8 Å². The van der Waals surface area contributed by atoms with Gasteiger partial charge >= 0.3 is 0 Å². The van der Waals surface area contributed by atoms with Crippen molar-refractivity contribution >= 4 is 16.7 Å². The summed E-state index contributed by atoms with van der Waals surface area (Å²) in [6.45, 7) is 6.53. The molecule has 0 radical (unpaired) electrons. The van der Waals surface area contributed by atoms with Crippen LogP contribution in [0.1, 0.15) is 33.6 Å². The number of carbonyl (C=O) groups is 1. The Hall–Kier alpha value is -0.420. The first-order chi connectivity index (χ1) is 7.34. The highest BCUT2D eigenvalue weighted by Crippen LogP contribution is 2.03. The van der Waals surface area contributed by atoms with Crippen molar-refractivity contribution in [3.8, 4) is 0 Å². The van der Waals surface area contributed by atoms with Crippen LogP contribution in [0, 0.1) is 5.92 Å². The van der Waals surface area contributed by atoms with Gasteiger partial charge in [-0.25, -0.2) is 0 Å². The predicted molar refractivity (Wildman–Crippen MR) is 68.6 cm³/mol. The summed E-state index contributed by atoms with van der Waals surface area (Å²) >= 11 is 0. The maximum Gasteiger partial charge on any atom is 0.236 e. The Balaban J connectivity index is 3.77. The second kappa shape index (κ2) is 7.79. The molecule has 0 saturated carbocycles. The second-order valence-electron chi connectivity index (χ2n) is 4.62. The molecule has 0 aromatic heterocycles. The molecule has 0 aliphatic rings. The third-order valence-corrected chi connectivity index (χ3v) is 3.85. The first-order valence-electron chi connectivity index (χ1n) is 5.70. The Morgan fingerprint density at radius 2 is 1.94 bits per heavy atom. The highest BCUT2D eigenvalue weighted by Gasteiger charge is 2.14. The molecule has 3 N–H and O–H groups in total. The molecule has 96 valence electrons. The average molecular weight is 248 g/mol. The molecule has 0 aromatic carbocycles. The fraction of sp³-hybridized carbons (Fsp3) is 0.909. The van der Waals surface area contributed by atoms with Gasteiger partial charge in [0.15, 0.2) is 0 Å². The zero-order valence-corrected chi connectivity index (χ0v) is 11.5. The number of rotatable bonds is 7. The van der Waals surface area contributed by atoms with Crippen molar-refractivity contribution < 1.29 is 9.00 Å². The Morgan fingerprint density at radius 1 is 1.38 bits per heavy atom. The van der Waals surface area contributed by atoms with E-state index in [4.69, 9.17) is 5.73 Å². The highest BCUT2D eigenvalue weighted by molar-refractivity contribution is 7.84. The zero-order valence-electron chi connectivity index (χ0n) is 10.7. The molecule has 2 unspecified atom stereocenters. The lowest BCUT2D eigenvalue weighted by Gasteiger charge is -2.15. The number of nitrogens with one attached hydrogen (secondary N) is 1. The monoisotopic (exact) mass is 248 g/mol. The summed E-state index contributed by atoms with van der Waals surface area (Å²) in [5, 5.41) is 2.89. The predicted octanol–water partition coefficient (Wildman–Crippen LogP) is 0.633. The van der Waals surface area contributed by atoms with Crippen LogP contribution in [0.5, 0.6) is 0 Å². The molecular weight excluding hydrogens is 224 g/mol. The van der Waals surface area contributed by atoms with Crippen LogP contribution < -0.4 is 11.1 Å². The summed E-state index contributed by atoms with van der Waals surface area (Å²) < 4.78 is 11.1. The van der Waals surface area contributed by atoms with E-state index in [9.17, 15) is 9.00 Å². The van der Waals surface area contributed by atoms with Crippen LogP contribution in [-0.4, -0.2) is 34.2 Å². The Bertz CT molecular complexity index is 244. The Kier molecular flexibility index (Phi) is 7.58. The van der Waals surface area contributed by atoms with Crippen molar-refractivity contribution in [1.82, 2.24) is 5.32 Å². The van der Waals surface area contributed by atoms with Crippen LogP contribution in [0.3, 0.4) is 0 Å². The molecule has 0 fully saturated rings. The minimum absolute atomic E-state index is 0.109. The second-order valence-corrected chi connectivity index (χ2v) is 6.43. The van der Waals surface area contributed by atoms with Gasteiger partial charge in [-0.3, -0.25) is 9.00 Å². The van der Waals surface area contributed by atoms with Gasteiger partial charge in [-0.1, -0.05) is 20.8 Å². The summed E-state index contributed by atoms with van der Waals surface area (Å²) in [6.07, 6.45) is 3.10. The molecular formula is C11H24N2O2S. The van der Waals surface area contributed by atoms with E-state index in [1.54, 1.807) is 6.26 Å². The van der Waals surface area contributed by atoms with E-state index in [1.165, 1.54) is 0 Å². The van der Waals surface area contributed by atoms with Crippen molar-refractivity contribution in [2.24, 2.45) is 11.7 Å². The lowest BCUT2D eigenvalue weighted by molar-refractivity contribution is -0.122. The molecule has 4 nitrogen and oxygen atoms in total. The zero-order chi connectivity index (χ0) is 12.7. The fourth-order valence-corrected chi connectivity index (χ4v) is 1.76. The molecule has 16 heavy (non-hydrogen) atoms. The SMILES string of the molecule is CC(C)C[C@@H](N)C(=O)NCCC(C)S(C)=O. The van der Waals surface area contributed by atoms with E-state index in [0.717, 1.165) is 6.42 Å². The van der Waals surface area contributed by atoms with E-state index in [0.29, 0.717) is 18.9 Å². The van der Waals surface area contributed by atoms with Crippen molar-refractivity contribution in [2.45, 2.75) is 44.9 Å². The Morgan fingerprint density at radius 3 is 2.38 bits per heavy atom. The normalized spacial score (nSPS) is 16.9. The van der Waals surface area contributed by atoms with Crippen molar-refractivity contribution in [2.75, 3.05) is 12.8 Å². The minimum atomic E-state index is -0.827. The standard InChI is InChI=1S/C11H24N2O2S/c1-8(2)7-10(12)11(14)13-6-5-9(3)16(4)15/h8-10H,5-7,12H2,1-4H3,(H,13,14)/t9?,10-,16?/m1/s1. The average Bonchev–Trinajstić information content (AvgIpc) is 2.15. The largest absolute Gasteiger partial charge is 0.355 e. The number of hydrogen-bond acceptors (Lipinski definition) is 3. The van der Waals surface area contributed by atoms with Gasteiger partial charge in [0, 0.05) is 28.9 Å². The van der Waals surface area contributed by atoms with Gasteiger partial charge in [0.25, 0.3) is 0 Å². The summed E-state index contributed by atoms with van der Waals surface area (Å²) in [5.74, 6) is 0.311. The van der Waals surface area contributed by atoms with E-state index in [2.05, 4.69) is 5.32 Å². The number of carbonyl (C=O) groups excluding carboxylic acids is 1. The quantitative estimate of drug-likeness (QED) is 0.694. The topological polar surface area (TPSA) is 72.2 Å². The third kappa shape index (κ3) is 6.95. The third-order valence-electron chi connectivity index (χ3n) is 2.48. The van der Waals surface area contributed by atoms with Gasteiger partial charge in [0.2, 0.25) is 5.91 Å². The van der Waals surface area contributed by atoms with Crippen LogP contribution in [-0.2, 0) is 15.6 Å². The van der Waals surface area contributed by atoms with Gasteiger partial charge in [-0.15, -0.1) is 0 Å². The molecule has 3 atom stereocenters. The van der Waals surface area contributed by atoms with Gasteiger partial charge < -0.3 is 11.1 Å². The number of amides is 1. The van der Waals surface area contributed by atoms with E-state index in [-0.39, 0.29) is 11.2 Å². The first kappa shape index (κ1) is 15.6. The maximum absolute atomic E-state index is 11.5. The molecule has 1 amide bonds. The smallest absolute Gasteiger partial charge is 0.236 e. The maximum atomic E-state index is 11.5. The molecule has 0 heterocycles. The summed E-state index contributed by atoms with van der Waals surface area (Å²) in [7, 11) is -0.827. The minimum Gasteiger partial charge on any atom is -0.355 e. The Labute approximate surface area is 101 Å². The van der Waals surface area contributed by atoms with Crippen molar-refractivity contribution in [1.29, 1.82) is 0 Å². The molecule has 0 aliphatic carbocycles. The van der Waals surface area contributed by atoms with Crippen molar-refractivity contribution in [3.05, 3.63) is 0 Å². The molecule has 0 saturated heterocycles. The van der Waals surface area contributed by atoms with Crippen LogP contribution >= 0.6 is 0 Å². The number of nitrogens with two attached hydrogens (primary N) is 1. The molecule has 0 bridgehead atoms. The highest BCUT2D eigenvalue weighted by atomic mass is 32.2. The summed E-state index contributed by atoms with van der Waals surface area (Å²) in [5.41, 5.74) is 5.72. The van der Waals surface area contributed by atoms with Gasteiger partial charge in [0.05, 0.1) is 6.04 Å². The van der Waals surface area contributed by atoms with Crippen LogP contribution in [0.2, 0.25) is 0 Å². The van der Waals surface area contributed by atoms with Gasteiger partial charge in [0.1, 0.15) is 0 Å². The molecule has 0 aliphatic heterocycles. The van der Waals surface area contributed by atoms with Crippen molar-refractivity contribution in [3.63, 3.8) is 0 Å². The molecule has 0 aromatic rings. The summed E-state index contributed by atoms with van der Waals surface area (Å²) in [6, 6.07) is -0.428. The van der Waals surface area contributed by atoms with E-state index >= 15 is 0 Å². The number of hydrogen-bond donors (Lipinski definition) is 2. The van der Waals surface area contributed by atoms with E-state index < -0.39 is 16.8 Å². The first-order valence-corrected chi connectivity index (χ1v) is 7.32. The lowest BCUT2D eigenvalue weighted by atomic mass is 10.0. The van der Waals surface area contributed by atoms with Gasteiger partial charge in [-0.05, 0) is 18.8 Å². The summed E-state index contributed by atoms with van der Waals surface area (Å²) in [4.78, 5) is 11.5.